The van der Waals surface area contributed by atoms with Gasteiger partial charge >= 0.3 is 0 Å². The van der Waals surface area contributed by atoms with E-state index >= 15 is 0 Å². The number of nitrogens with one attached hydrogen (secondary N) is 1. The van der Waals surface area contributed by atoms with Crippen LogP contribution in [-0.2, 0) is 13.1 Å². The fraction of sp³-hybridized carbons (Fsp3) is 0.412. The van der Waals surface area contributed by atoms with Crippen LogP contribution < -0.4 is 10.1 Å². The fourth-order valence-electron chi connectivity index (χ4n) is 2.17. The minimum Gasteiger partial charge on any atom is -0.497 e. The van der Waals surface area contributed by atoms with E-state index in [1.165, 1.54) is 10.4 Å². The van der Waals surface area contributed by atoms with Gasteiger partial charge < -0.3 is 15.0 Å². The molecule has 0 atom stereocenters. The number of aromatic nitrogens is 1. The number of nitrogens with zero attached hydrogens (tertiary/aromatic N) is 3. The van der Waals surface area contributed by atoms with E-state index in [1.54, 1.807) is 18.4 Å². The lowest BCUT2D eigenvalue weighted by Crippen LogP contribution is -2.38. The average molecular weight is 460 g/mol. The average Bonchev–Trinajstić information content (AvgIpc) is 2.97. The standard InChI is InChI=1S/C17H24N4OS.HI/c1-5-18-17(19-10-16-13(2)20-12-23-16)21(3)11-14-6-8-15(22-4)9-7-14;/h6-9,12H,5,10-11H2,1-4H3,(H,18,19);1H. The Morgan fingerprint density at radius 1 is 1.33 bits per heavy atom. The highest BCUT2D eigenvalue weighted by molar-refractivity contribution is 14.0. The van der Waals surface area contributed by atoms with Gasteiger partial charge in [0, 0.05) is 25.0 Å². The molecule has 0 amide bonds. The molecule has 2 rings (SSSR count). The second-order valence-electron chi connectivity index (χ2n) is 5.24. The van der Waals surface area contributed by atoms with Crippen molar-refractivity contribution in [3.63, 3.8) is 0 Å². The van der Waals surface area contributed by atoms with Crippen molar-refractivity contribution in [2.45, 2.75) is 26.9 Å². The van der Waals surface area contributed by atoms with Gasteiger partial charge in [0.25, 0.3) is 0 Å². The van der Waals surface area contributed by atoms with Crippen molar-refractivity contribution in [1.82, 2.24) is 15.2 Å². The van der Waals surface area contributed by atoms with E-state index in [0.717, 1.165) is 30.5 Å². The van der Waals surface area contributed by atoms with Gasteiger partial charge in [-0.1, -0.05) is 12.1 Å². The normalized spacial score (nSPS) is 10.9. The van der Waals surface area contributed by atoms with E-state index in [4.69, 9.17) is 9.73 Å². The number of rotatable bonds is 6. The third-order valence-corrected chi connectivity index (χ3v) is 4.41. The lowest BCUT2D eigenvalue weighted by atomic mass is 10.2. The summed E-state index contributed by atoms with van der Waals surface area (Å²) >= 11 is 1.65. The van der Waals surface area contributed by atoms with Crippen LogP contribution in [0.3, 0.4) is 0 Å². The Balaban J connectivity index is 0.00000288. The van der Waals surface area contributed by atoms with Gasteiger partial charge in [0.15, 0.2) is 5.96 Å². The fourth-order valence-corrected chi connectivity index (χ4v) is 2.87. The quantitative estimate of drug-likeness (QED) is 0.406. The lowest BCUT2D eigenvalue weighted by Gasteiger charge is -2.22. The third kappa shape index (κ3) is 5.94. The molecule has 5 nitrogen and oxygen atoms in total. The Bertz CT molecular complexity index is 642. The van der Waals surface area contributed by atoms with Gasteiger partial charge in [-0.2, -0.15) is 0 Å². The predicted octanol–water partition coefficient (Wildman–Crippen LogP) is 3.68. The molecule has 1 aromatic carbocycles. The molecule has 0 radical (unpaired) electrons. The molecule has 0 saturated heterocycles. The molecule has 7 heteroatoms. The van der Waals surface area contributed by atoms with E-state index in [1.807, 2.05) is 31.6 Å². The van der Waals surface area contributed by atoms with Crippen molar-refractivity contribution in [3.8, 4) is 5.75 Å². The van der Waals surface area contributed by atoms with E-state index in [0.29, 0.717) is 6.54 Å². The minimum absolute atomic E-state index is 0. The number of aliphatic imine (C=N–C) groups is 1. The van der Waals surface area contributed by atoms with Crippen LogP contribution in [-0.4, -0.2) is 36.5 Å². The molecule has 132 valence electrons. The number of aryl methyl sites for hydroxylation is 1. The van der Waals surface area contributed by atoms with Crippen molar-refractivity contribution >= 4 is 41.3 Å². The molecule has 1 N–H and O–H groups in total. The first-order valence-corrected chi connectivity index (χ1v) is 8.53. The zero-order valence-corrected chi connectivity index (χ0v) is 17.7. The van der Waals surface area contributed by atoms with Gasteiger partial charge in [-0.25, -0.2) is 9.98 Å². The summed E-state index contributed by atoms with van der Waals surface area (Å²) in [4.78, 5) is 12.3. The smallest absolute Gasteiger partial charge is 0.194 e. The molecule has 0 aliphatic carbocycles. The van der Waals surface area contributed by atoms with Crippen molar-refractivity contribution in [1.29, 1.82) is 0 Å². The Morgan fingerprint density at radius 3 is 2.58 bits per heavy atom. The molecule has 0 aliphatic rings. The van der Waals surface area contributed by atoms with E-state index in [-0.39, 0.29) is 24.0 Å². The maximum absolute atomic E-state index is 5.20. The second-order valence-corrected chi connectivity index (χ2v) is 6.17. The molecule has 0 aliphatic heterocycles. The van der Waals surface area contributed by atoms with Crippen LogP contribution >= 0.6 is 35.3 Å². The van der Waals surface area contributed by atoms with Crippen LogP contribution in [0, 0.1) is 6.92 Å². The number of methoxy groups -OCH3 is 1. The highest BCUT2D eigenvalue weighted by Crippen LogP contribution is 2.14. The Labute approximate surface area is 165 Å². The molecule has 24 heavy (non-hydrogen) atoms. The second kappa shape index (κ2) is 10.5. The SMILES string of the molecule is CCNC(=NCc1scnc1C)N(C)Cc1ccc(OC)cc1.I. The van der Waals surface area contributed by atoms with E-state index < -0.39 is 0 Å². The van der Waals surface area contributed by atoms with Crippen molar-refractivity contribution in [2.75, 3.05) is 20.7 Å². The van der Waals surface area contributed by atoms with Gasteiger partial charge in [0.1, 0.15) is 5.75 Å². The molecule has 0 unspecified atom stereocenters. The first-order valence-electron chi connectivity index (χ1n) is 7.65. The molecule has 2 aromatic rings. The summed E-state index contributed by atoms with van der Waals surface area (Å²) in [6.07, 6.45) is 0. The Hall–Kier alpha value is -1.35. The minimum atomic E-state index is 0. The summed E-state index contributed by atoms with van der Waals surface area (Å²) in [5, 5.41) is 3.34. The molecule has 0 bridgehead atoms. The van der Waals surface area contributed by atoms with E-state index in [9.17, 15) is 0 Å². The van der Waals surface area contributed by atoms with Gasteiger partial charge in [-0.05, 0) is 31.5 Å². The van der Waals surface area contributed by atoms with Crippen LogP contribution in [0.25, 0.3) is 0 Å². The van der Waals surface area contributed by atoms with Crippen LogP contribution in [0.15, 0.2) is 34.8 Å². The molecule has 1 heterocycles. The van der Waals surface area contributed by atoms with Crippen LogP contribution in [0.1, 0.15) is 23.1 Å². The number of halogens is 1. The highest BCUT2D eigenvalue weighted by atomic mass is 127. The zero-order chi connectivity index (χ0) is 16.7. The summed E-state index contributed by atoms with van der Waals surface area (Å²) in [6, 6.07) is 8.11. The molecular formula is C17H25IN4OS. The molecule has 0 saturated carbocycles. The van der Waals surface area contributed by atoms with Crippen LogP contribution in [0.5, 0.6) is 5.75 Å². The van der Waals surface area contributed by atoms with E-state index in [2.05, 4.69) is 34.3 Å². The molecule has 0 spiro atoms. The van der Waals surface area contributed by atoms with Gasteiger partial charge in [-0.15, -0.1) is 35.3 Å². The molecular weight excluding hydrogens is 435 g/mol. The number of hydrogen-bond donors (Lipinski definition) is 1. The molecule has 0 fully saturated rings. The van der Waals surface area contributed by atoms with Crippen molar-refractivity contribution in [2.24, 2.45) is 4.99 Å². The van der Waals surface area contributed by atoms with Gasteiger partial charge in [0.2, 0.25) is 0 Å². The van der Waals surface area contributed by atoms with Crippen molar-refractivity contribution in [3.05, 3.63) is 45.9 Å². The number of ether oxygens (including phenoxy) is 1. The monoisotopic (exact) mass is 460 g/mol. The summed E-state index contributed by atoms with van der Waals surface area (Å²) < 4.78 is 5.20. The summed E-state index contributed by atoms with van der Waals surface area (Å²) in [5.41, 5.74) is 4.15. The maximum atomic E-state index is 5.20. The lowest BCUT2D eigenvalue weighted by molar-refractivity contribution is 0.414. The Kier molecular flexibility index (Phi) is 9.05. The summed E-state index contributed by atoms with van der Waals surface area (Å²) in [6.45, 7) is 6.39. The van der Waals surface area contributed by atoms with Crippen molar-refractivity contribution < 1.29 is 4.74 Å². The number of hydrogen-bond acceptors (Lipinski definition) is 4. The zero-order valence-electron chi connectivity index (χ0n) is 14.6. The third-order valence-electron chi connectivity index (χ3n) is 3.49. The summed E-state index contributed by atoms with van der Waals surface area (Å²) in [7, 11) is 3.73. The first-order chi connectivity index (χ1) is 11.1. The summed E-state index contributed by atoms with van der Waals surface area (Å²) in [5.74, 6) is 1.77. The topological polar surface area (TPSA) is 49.8 Å². The maximum Gasteiger partial charge on any atom is 0.194 e. The molecule has 1 aromatic heterocycles. The number of benzene rings is 1. The number of thiazole rings is 1. The highest BCUT2D eigenvalue weighted by Gasteiger charge is 2.08. The predicted molar refractivity (Wildman–Crippen MR) is 112 cm³/mol. The van der Waals surface area contributed by atoms with Crippen LogP contribution in [0.2, 0.25) is 0 Å². The van der Waals surface area contributed by atoms with Crippen LogP contribution in [0.4, 0.5) is 0 Å². The Morgan fingerprint density at radius 2 is 2.04 bits per heavy atom. The first kappa shape index (κ1) is 20.7. The largest absolute Gasteiger partial charge is 0.497 e. The van der Waals surface area contributed by atoms with Gasteiger partial charge in [-0.3, -0.25) is 0 Å². The van der Waals surface area contributed by atoms with Gasteiger partial charge in [0.05, 0.1) is 24.9 Å². The number of guanidine groups is 1.